The van der Waals surface area contributed by atoms with Crippen molar-refractivity contribution in [3.8, 4) is 0 Å². The third kappa shape index (κ3) is 4.45. The topological polar surface area (TPSA) is 58.4 Å². The number of nitrogens with zero attached hydrogens (tertiary/aromatic N) is 1. The van der Waals surface area contributed by atoms with E-state index in [0.29, 0.717) is 17.6 Å². The lowest BCUT2D eigenvalue weighted by molar-refractivity contribution is -0.125. The average molecular weight is 243 g/mol. The van der Waals surface area contributed by atoms with Gasteiger partial charge in [0, 0.05) is 31.6 Å². The van der Waals surface area contributed by atoms with Gasteiger partial charge in [0.1, 0.15) is 0 Å². The predicted molar refractivity (Wildman–Crippen MR) is 69.2 cm³/mol. The van der Waals surface area contributed by atoms with Crippen LogP contribution in [0, 0.1) is 5.92 Å². The first-order valence-corrected chi connectivity index (χ1v) is 6.21. The highest BCUT2D eigenvalue weighted by Gasteiger charge is 2.21. The normalized spacial score (nSPS) is 18.7. The largest absolute Gasteiger partial charge is 0.392 e. The first kappa shape index (κ1) is 13.4. The Hall–Kier alpha value is -0.680. The Labute approximate surface area is 103 Å². The molecule has 0 aliphatic carbocycles. The molecule has 92 valence electrons. The molecule has 0 aromatic heterocycles. The molecule has 0 unspecified atom stereocenters. The highest BCUT2D eigenvalue weighted by atomic mass is 32.1. The van der Waals surface area contributed by atoms with E-state index in [0.717, 1.165) is 25.9 Å². The minimum atomic E-state index is 0.0645. The van der Waals surface area contributed by atoms with Gasteiger partial charge in [-0.2, -0.15) is 0 Å². The van der Waals surface area contributed by atoms with Crippen LogP contribution < -0.4 is 11.1 Å². The molecule has 3 N–H and O–H groups in total. The number of carbonyl (C=O) groups excluding carboxylic acids is 1. The van der Waals surface area contributed by atoms with Gasteiger partial charge in [-0.25, -0.2) is 0 Å². The summed E-state index contributed by atoms with van der Waals surface area (Å²) in [5.74, 6) is 0.211. The third-order valence-corrected chi connectivity index (χ3v) is 2.97. The van der Waals surface area contributed by atoms with E-state index in [2.05, 4.69) is 10.2 Å². The molecule has 1 rings (SSSR count). The van der Waals surface area contributed by atoms with Crippen molar-refractivity contribution in [3.63, 3.8) is 0 Å². The van der Waals surface area contributed by atoms with Crippen LogP contribution in [0.15, 0.2) is 0 Å². The molecule has 16 heavy (non-hydrogen) atoms. The fourth-order valence-electron chi connectivity index (χ4n) is 1.82. The van der Waals surface area contributed by atoms with Crippen molar-refractivity contribution in [3.05, 3.63) is 0 Å². The van der Waals surface area contributed by atoms with E-state index >= 15 is 0 Å². The molecule has 0 bridgehead atoms. The van der Waals surface area contributed by atoms with Crippen LogP contribution in [0.4, 0.5) is 0 Å². The molecule has 5 heteroatoms. The Kier molecular flexibility index (Phi) is 5.15. The number of piperidine rings is 1. The van der Waals surface area contributed by atoms with Crippen molar-refractivity contribution in [1.82, 2.24) is 10.2 Å². The Bertz CT molecular complexity index is 260. The molecule has 1 fully saturated rings. The van der Waals surface area contributed by atoms with Crippen molar-refractivity contribution in [1.29, 1.82) is 0 Å². The number of rotatable bonds is 4. The molecule has 0 saturated carbocycles. The summed E-state index contributed by atoms with van der Waals surface area (Å²) in [6.45, 7) is 6.44. The summed E-state index contributed by atoms with van der Waals surface area (Å²) < 4.78 is 0. The number of amides is 1. The third-order valence-electron chi connectivity index (χ3n) is 2.84. The summed E-state index contributed by atoms with van der Waals surface area (Å²) in [6.07, 6.45) is 1.97. The van der Waals surface area contributed by atoms with Crippen LogP contribution in [-0.4, -0.2) is 41.5 Å². The molecule has 1 amide bonds. The van der Waals surface area contributed by atoms with Crippen LogP contribution in [-0.2, 0) is 4.79 Å². The van der Waals surface area contributed by atoms with Crippen molar-refractivity contribution >= 4 is 23.1 Å². The lowest BCUT2D eigenvalue weighted by Crippen LogP contribution is -2.47. The number of likely N-dealkylation sites (tertiary alicyclic amines) is 1. The molecule has 0 aromatic carbocycles. The van der Waals surface area contributed by atoms with Crippen LogP contribution in [0.5, 0.6) is 0 Å². The van der Waals surface area contributed by atoms with Gasteiger partial charge >= 0.3 is 0 Å². The van der Waals surface area contributed by atoms with Crippen molar-refractivity contribution in [2.75, 3.05) is 19.6 Å². The van der Waals surface area contributed by atoms with Crippen LogP contribution >= 0.6 is 12.2 Å². The fourth-order valence-corrected chi connectivity index (χ4v) is 2.01. The highest BCUT2D eigenvalue weighted by Crippen LogP contribution is 2.10. The summed E-state index contributed by atoms with van der Waals surface area (Å²) in [7, 11) is 0. The number of hydrogen-bond donors (Lipinski definition) is 2. The summed E-state index contributed by atoms with van der Waals surface area (Å²) >= 11 is 4.88. The predicted octanol–water partition coefficient (Wildman–Crippen LogP) is 0.509. The van der Waals surface area contributed by atoms with E-state index in [1.165, 1.54) is 0 Å². The van der Waals surface area contributed by atoms with Crippen molar-refractivity contribution in [2.45, 2.75) is 32.7 Å². The van der Waals surface area contributed by atoms with E-state index in [9.17, 15) is 4.79 Å². The zero-order chi connectivity index (χ0) is 12.1. The molecule has 1 aliphatic rings. The van der Waals surface area contributed by atoms with Gasteiger partial charge in [-0.15, -0.1) is 0 Å². The lowest BCUT2D eigenvalue weighted by Gasteiger charge is -2.32. The Morgan fingerprint density at radius 3 is 2.50 bits per heavy atom. The first-order valence-electron chi connectivity index (χ1n) is 5.80. The quantitative estimate of drug-likeness (QED) is 0.706. The van der Waals surface area contributed by atoms with Gasteiger partial charge in [-0.1, -0.05) is 26.1 Å². The molecule has 1 aliphatic heterocycles. The first-order chi connectivity index (χ1) is 7.49. The second-order valence-corrected chi connectivity index (χ2v) is 5.20. The minimum Gasteiger partial charge on any atom is -0.392 e. The number of nitrogens with two attached hydrogens (primary N) is 1. The zero-order valence-corrected chi connectivity index (χ0v) is 10.8. The maximum Gasteiger partial charge on any atom is 0.222 e. The number of carbonyl (C=O) groups is 1. The van der Waals surface area contributed by atoms with Crippen molar-refractivity contribution < 1.29 is 4.79 Å². The Balaban J connectivity index is 2.27. The maximum absolute atomic E-state index is 11.5. The van der Waals surface area contributed by atoms with Gasteiger partial charge in [0.05, 0.1) is 4.99 Å². The van der Waals surface area contributed by atoms with E-state index in [1.807, 2.05) is 13.8 Å². The molecule has 0 aromatic rings. The zero-order valence-electron chi connectivity index (χ0n) is 10.0. The number of nitrogens with one attached hydrogen (secondary N) is 1. The Morgan fingerprint density at radius 1 is 1.50 bits per heavy atom. The molecule has 1 saturated heterocycles. The molecule has 0 atom stereocenters. The number of hydrogen-bond acceptors (Lipinski definition) is 3. The second kappa shape index (κ2) is 6.15. The SMILES string of the molecule is CC(C)C(=O)NC1CCN(CC(N)=S)CC1. The summed E-state index contributed by atoms with van der Waals surface area (Å²) in [4.78, 5) is 14.3. The van der Waals surface area contributed by atoms with E-state index < -0.39 is 0 Å². The van der Waals surface area contributed by atoms with Crippen LogP contribution in [0.3, 0.4) is 0 Å². The number of thiocarbonyl (C=S) groups is 1. The molecular weight excluding hydrogens is 222 g/mol. The standard InChI is InChI=1S/C11H21N3OS/c1-8(2)11(15)13-9-3-5-14(6-4-9)7-10(12)16/h8-9H,3-7H2,1-2H3,(H2,12,16)(H,13,15). The van der Waals surface area contributed by atoms with Crippen LogP contribution in [0.2, 0.25) is 0 Å². The summed E-state index contributed by atoms with van der Waals surface area (Å²) in [5.41, 5.74) is 5.50. The van der Waals surface area contributed by atoms with Crippen molar-refractivity contribution in [2.24, 2.45) is 11.7 Å². The average Bonchev–Trinajstić information content (AvgIpc) is 2.20. The molecule has 1 heterocycles. The molecule has 0 radical (unpaired) electrons. The van der Waals surface area contributed by atoms with Crippen LogP contribution in [0.25, 0.3) is 0 Å². The lowest BCUT2D eigenvalue weighted by atomic mass is 10.0. The van der Waals surface area contributed by atoms with Crippen LogP contribution in [0.1, 0.15) is 26.7 Å². The van der Waals surface area contributed by atoms with Gasteiger partial charge in [0.2, 0.25) is 5.91 Å². The van der Waals surface area contributed by atoms with Gasteiger partial charge in [-0.3, -0.25) is 9.69 Å². The smallest absolute Gasteiger partial charge is 0.222 e. The van der Waals surface area contributed by atoms with Gasteiger partial charge in [-0.05, 0) is 12.8 Å². The minimum absolute atomic E-state index is 0.0645. The second-order valence-electron chi connectivity index (χ2n) is 4.68. The molecule has 0 spiro atoms. The molecule has 4 nitrogen and oxygen atoms in total. The van der Waals surface area contributed by atoms with E-state index in [4.69, 9.17) is 18.0 Å². The van der Waals surface area contributed by atoms with Gasteiger partial charge < -0.3 is 11.1 Å². The Morgan fingerprint density at radius 2 is 2.06 bits per heavy atom. The van der Waals surface area contributed by atoms with Gasteiger partial charge in [0.25, 0.3) is 0 Å². The maximum atomic E-state index is 11.5. The summed E-state index contributed by atoms with van der Waals surface area (Å²) in [5, 5.41) is 3.06. The monoisotopic (exact) mass is 243 g/mol. The summed E-state index contributed by atoms with van der Waals surface area (Å²) in [6, 6.07) is 0.317. The van der Waals surface area contributed by atoms with E-state index in [-0.39, 0.29) is 11.8 Å². The fraction of sp³-hybridized carbons (Fsp3) is 0.818. The highest BCUT2D eigenvalue weighted by molar-refractivity contribution is 7.80. The van der Waals surface area contributed by atoms with E-state index in [1.54, 1.807) is 0 Å². The van der Waals surface area contributed by atoms with Gasteiger partial charge in [0.15, 0.2) is 0 Å². The molecular formula is C11H21N3OS.